The summed E-state index contributed by atoms with van der Waals surface area (Å²) in [5.74, 6) is 0.328. The van der Waals surface area contributed by atoms with Gasteiger partial charge in [-0.25, -0.2) is 9.97 Å². The minimum atomic E-state index is -0.143. The van der Waals surface area contributed by atoms with Crippen LogP contribution in [-0.2, 0) is 0 Å². The van der Waals surface area contributed by atoms with Crippen molar-refractivity contribution in [1.29, 1.82) is 0 Å². The van der Waals surface area contributed by atoms with Gasteiger partial charge in [-0.3, -0.25) is 9.78 Å². The average Bonchev–Trinajstić information content (AvgIpc) is 3.00. The Kier molecular flexibility index (Phi) is 5.14. The van der Waals surface area contributed by atoms with Crippen LogP contribution < -0.4 is 10.1 Å². The molecule has 0 aromatic carbocycles. The van der Waals surface area contributed by atoms with Gasteiger partial charge in [-0.1, -0.05) is 0 Å². The largest absolute Gasteiger partial charge is 0.477 e. The third kappa shape index (κ3) is 4.02. The van der Waals surface area contributed by atoms with Gasteiger partial charge in [0.1, 0.15) is 5.69 Å². The van der Waals surface area contributed by atoms with E-state index < -0.39 is 0 Å². The van der Waals surface area contributed by atoms with Crippen LogP contribution in [0.2, 0.25) is 0 Å². The Morgan fingerprint density at radius 3 is 3.00 bits per heavy atom. The maximum absolute atomic E-state index is 12.1. The van der Waals surface area contributed by atoms with Crippen LogP contribution in [0.3, 0.4) is 0 Å². The number of amides is 1. The second kappa shape index (κ2) is 7.47. The predicted molar refractivity (Wildman–Crippen MR) is 87.7 cm³/mol. The molecule has 0 bridgehead atoms. The van der Waals surface area contributed by atoms with Gasteiger partial charge in [0.2, 0.25) is 5.88 Å². The smallest absolute Gasteiger partial charge is 0.280 e. The Balaban J connectivity index is 1.60. The van der Waals surface area contributed by atoms with Crippen molar-refractivity contribution in [2.45, 2.75) is 13.3 Å². The lowest BCUT2D eigenvalue weighted by Crippen LogP contribution is -2.42. The number of aromatic nitrogens is 3. The molecule has 1 fully saturated rings. The molecule has 1 N–H and O–H groups in total. The van der Waals surface area contributed by atoms with E-state index in [1.807, 2.05) is 6.92 Å². The number of hydrogen-bond acceptors (Lipinski definition) is 7. The van der Waals surface area contributed by atoms with Crippen LogP contribution in [0.4, 0.5) is 0 Å². The molecule has 0 radical (unpaired) electrons. The maximum Gasteiger partial charge on any atom is 0.280 e. The molecule has 0 atom stereocenters. The summed E-state index contributed by atoms with van der Waals surface area (Å²) in [7, 11) is 0. The van der Waals surface area contributed by atoms with Crippen molar-refractivity contribution in [3.63, 3.8) is 0 Å². The predicted octanol–water partition coefficient (Wildman–Crippen LogP) is 1.43. The molecule has 2 aromatic heterocycles. The first-order chi connectivity index (χ1) is 11.3. The van der Waals surface area contributed by atoms with Crippen LogP contribution in [0.1, 0.15) is 23.1 Å². The fraction of sp³-hybridized carbons (Fsp3) is 0.467. The van der Waals surface area contributed by atoms with Gasteiger partial charge in [-0.05, 0) is 26.4 Å². The van der Waals surface area contributed by atoms with Crippen molar-refractivity contribution in [3.05, 3.63) is 23.6 Å². The van der Waals surface area contributed by atoms with E-state index in [1.54, 1.807) is 18.6 Å². The van der Waals surface area contributed by atoms with Crippen LogP contribution in [0.25, 0.3) is 10.6 Å². The summed E-state index contributed by atoms with van der Waals surface area (Å²) >= 11 is 1.30. The van der Waals surface area contributed by atoms with Crippen molar-refractivity contribution in [2.24, 2.45) is 0 Å². The van der Waals surface area contributed by atoms with E-state index >= 15 is 0 Å². The number of thiazole rings is 1. The van der Waals surface area contributed by atoms with Gasteiger partial charge in [-0.15, -0.1) is 11.3 Å². The Bertz CT molecular complexity index is 671. The number of hydrogen-bond donors (Lipinski definition) is 1. The van der Waals surface area contributed by atoms with Gasteiger partial charge in [0.25, 0.3) is 5.91 Å². The van der Waals surface area contributed by atoms with Crippen LogP contribution in [0.15, 0.2) is 18.6 Å². The van der Waals surface area contributed by atoms with Gasteiger partial charge < -0.3 is 15.0 Å². The van der Waals surface area contributed by atoms with Gasteiger partial charge in [0.05, 0.1) is 23.9 Å². The zero-order valence-electron chi connectivity index (χ0n) is 13.0. The summed E-state index contributed by atoms with van der Waals surface area (Å²) in [4.78, 5) is 27.9. The van der Waals surface area contributed by atoms with E-state index in [2.05, 4.69) is 25.2 Å². The van der Waals surface area contributed by atoms with Crippen LogP contribution in [0, 0.1) is 0 Å². The molecule has 122 valence electrons. The zero-order chi connectivity index (χ0) is 16.1. The number of carbonyl (C=O) groups is 1. The van der Waals surface area contributed by atoms with Gasteiger partial charge in [-0.2, -0.15) is 0 Å². The third-order valence-corrected chi connectivity index (χ3v) is 4.54. The second-order valence-corrected chi connectivity index (χ2v) is 6.19. The van der Waals surface area contributed by atoms with Crippen LogP contribution in [-0.4, -0.2) is 58.5 Å². The fourth-order valence-corrected chi connectivity index (χ4v) is 2.98. The summed E-state index contributed by atoms with van der Waals surface area (Å²) in [6.45, 7) is 6.23. The van der Waals surface area contributed by atoms with Gasteiger partial charge in [0, 0.05) is 19.3 Å². The number of ether oxygens (including phenoxy) is 1. The minimum Gasteiger partial charge on any atom is -0.477 e. The average molecular weight is 333 g/mol. The normalized spacial score (nSPS) is 14.3. The molecule has 0 aliphatic carbocycles. The molecule has 1 saturated heterocycles. The standard InChI is InChI=1S/C15H19N5O2S/c1-2-22-13-10-16-8-11(19-13)12-9-18-15(23-12)14(21)17-4-7-20-5-3-6-20/h8-10H,2-7H2,1H3,(H,17,21). The lowest BCUT2D eigenvalue weighted by atomic mass is 10.2. The summed E-state index contributed by atoms with van der Waals surface area (Å²) in [6, 6.07) is 0. The molecule has 1 amide bonds. The van der Waals surface area contributed by atoms with Crippen molar-refractivity contribution >= 4 is 17.2 Å². The molecule has 2 aromatic rings. The molecule has 7 nitrogen and oxygen atoms in total. The number of nitrogens with zero attached hydrogens (tertiary/aromatic N) is 4. The highest BCUT2D eigenvalue weighted by Crippen LogP contribution is 2.25. The number of nitrogens with one attached hydrogen (secondary N) is 1. The van der Waals surface area contributed by atoms with E-state index in [0.717, 1.165) is 24.5 Å². The lowest BCUT2D eigenvalue weighted by Gasteiger charge is -2.30. The highest BCUT2D eigenvalue weighted by atomic mass is 32.1. The fourth-order valence-electron chi connectivity index (χ4n) is 2.19. The Morgan fingerprint density at radius 1 is 1.39 bits per heavy atom. The van der Waals surface area contributed by atoms with Crippen molar-refractivity contribution in [2.75, 3.05) is 32.8 Å². The lowest BCUT2D eigenvalue weighted by molar-refractivity contribution is 0.0941. The van der Waals surface area contributed by atoms with Crippen LogP contribution in [0.5, 0.6) is 5.88 Å². The number of carbonyl (C=O) groups excluding carboxylic acids is 1. The van der Waals surface area contributed by atoms with Gasteiger partial charge in [0.15, 0.2) is 5.01 Å². The Morgan fingerprint density at radius 2 is 2.26 bits per heavy atom. The molecule has 3 rings (SSSR count). The molecule has 0 spiro atoms. The Labute approximate surface area is 138 Å². The Hall–Kier alpha value is -2.06. The number of likely N-dealkylation sites (tertiary alicyclic amines) is 1. The summed E-state index contributed by atoms with van der Waals surface area (Å²) in [5.41, 5.74) is 0.660. The second-order valence-electron chi connectivity index (χ2n) is 5.16. The maximum atomic E-state index is 12.1. The molecule has 1 aliphatic heterocycles. The van der Waals surface area contributed by atoms with Crippen LogP contribution >= 0.6 is 11.3 Å². The minimum absolute atomic E-state index is 0.143. The van der Waals surface area contributed by atoms with Crippen molar-refractivity contribution in [3.8, 4) is 16.5 Å². The molecular weight excluding hydrogens is 314 g/mol. The van der Waals surface area contributed by atoms with Gasteiger partial charge >= 0.3 is 0 Å². The summed E-state index contributed by atoms with van der Waals surface area (Å²) in [5, 5.41) is 3.34. The zero-order valence-corrected chi connectivity index (χ0v) is 13.8. The van der Waals surface area contributed by atoms with E-state index in [-0.39, 0.29) is 5.91 Å². The van der Waals surface area contributed by atoms with Crippen molar-refractivity contribution < 1.29 is 9.53 Å². The highest BCUT2D eigenvalue weighted by molar-refractivity contribution is 7.16. The molecule has 1 aliphatic rings. The van der Waals surface area contributed by atoms with Crippen molar-refractivity contribution in [1.82, 2.24) is 25.2 Å². The molecule has 3 heterocycles. The first kappa shape index (κ1) is 15.8. The third-order valence-electron chi connectivity index (χ3n) is 3.52. The van der Waals surface area contributed by atoms with E-state index in [0.29, 0.717) is 29.7 Å². The van der Waals surface area contributed by atoms with E-state index in [9.17, 15) is 4.79 Å². The monoisotopic (exact) mass is 333 g/mol. The highest BCUT2D eigenvalue weighted by Gasteiger charge is 2.16. The van der Waals surface area contributed by atoms with E-state index in [4.69, 9.17) is 4.74 Å². The molecule has 0 saturated carbocycles. The molecule has 23 heavy (non-hydrogen) atoms. The first-order valence-electron chi connectivity index (χ1n) is 7.68. The van der Waals surface area contributed by atoms with E-state index in [1.165, 1.54) is 17.8 Å². The quantitative estimate of drug-likeness (QED) is 0.826. The molecular formula is C15H19N5O2S. The topological polar surface area (TPSA) is 80.2 Å². The molecule has 8 heteroatoms. The SMILES string of the molecule is CCOc1cncc(-c2cnc(C(=O)NCCN3CCC3)s2)n1. The summed E-state index contributed by atoms with van der Waals surface area (Å²) in [6.07, 6.45) is 6.11. The number of rotatable bonds is 7. The molecule has 0 unspecified atom stereocenters. The summed E-state index contributed by atoms with van der Waals surface area (Å²) < 4.78 is 5.34. The first-order valence-corrected chi connectivity index (χ1v) is 8.49.